The Balaban J connectivity index is 1.58. The monoisotopic (exact) mass is 327 g/mol. The molecule has 3 rings (SSSR count). The van der Waals surface area contributed by atoms with Crippen molar-refractivity contribution < 1.29 is 9.53 Å². The highest BCUT2D eigenvalue weighted by Gasteiger charge is 2.28. The number of H-pyrrole nitrogens is 1. The molecule has 5 heteroatoms. The zero-order chi connectivity index (χ0) is 16.8. The molecule has 24 heavy (non-hydrogen) atoms. The number of nitrogens with one attached hydrogen (secondary N) is 2. The number of aromatic nitrogens is 1. The zero-order valence-corrected chi connectivity index (χ0v) is 14.1. The number of ether oxygens (including phenoxy) is 1. The molecule has 0 aliphatic carbocycles. The van der Waals surface area contributed by atoms with E-state index >= 15 is 0 Å². The van der Waals surface area contributed by atoms with Gasteiger partial charge in [-0.15, -0.1) is 0 Å². The number of benzene rings is 1. The van der Waals surface area contributed by atoms with Crippen molar-refractivity contribution in [2.24, 2.45) is 0 Å². The van der Waals surface area contributed by atoms with Crippen LogP contribution in [0.25, 0.3) is 0 Å². The van der Waals surface area contributed by atoms with Crippen LogP contribution in [0.1, 0.15) is 29.4 Å². The fourth-order valence-corrected chi connectivity index (χ4v) is 3.14. The lowest BCUT2D eigenvalue weighted by Gasteiger charge is -2.37. The molecule has 2 heterocycles. The Labute approximate surface area is 143 Å². The summed E-state index contributed by atoms with van der Waals surface area (Å²) < 4.78 is 5.95. The van der Waals surface area contributed by atoms with Gasteiger partial charge in [0.25, 0.3) is 5.91 Å². The van der Waals surface area contributed by atoms with Crippen molar-refractivity contribution in [3.8, 4) is 0 Å². The van der Waals surface area contributed by atoms with E-state index in [0.717, 1.165) is 26.1 Å². The van der Waals surface area contributed by atoms with Crippen LogP contribution in [0.2, 0.25) is 0 Å². The smallest absolute Gasteiger partial charge is 0.267 e. The highest BCUT2D eigenvalue weighted by atomic mass is 16.5. The largest absolute Gasteiger partial charge is 0.373 e. The Hall–Kier alpha value is -2.11. The molecule has 2 N–H and O–H groups in total. The second kappa shape index (κ2) is 8.13. The summed E-state index contributed by atoms with van der Waals surface area (Å²) in [5.41, 5.74) is 1.90. The highest BCUT2D eigenvalue weighted by molar-refractivity contribution is 5.92. The van der Waals surface area contributed by atoms with Gasteiger partial charge in [-0.2, -0.15) is 0 Å². The molecule has 1 amide bonds. The minimum atomic E-state index is -0.0735. The average molecular weight is 327 g/mol. The first-order valence-corrected chi connectivity index (χ1v) is 8.58. The molecule has 1 aliphatic rings. The maximum atomic E-state index is 12.3. The predicted molar refractivity (Wildman–Crippen MR) is 93.8 cm³/mol. The van der Waals surface area contributed by atoms with Gasteiger partial charge < -0.3 is 15.0 Å². The Kier molecular flexibility index (Phi) is 5.67. The maximum Gasteiger partial charge on any atom is 0.267 e. The summed E-state index contributed by atoms with van der Waals surface area (Å²) in [5.74, 6) is -0.0735. The third kappa shape index (κ3) is 4.24. The topological polar surface area (TPSA) is 57.4 Å². The molecule has 0 radical (unpaired) electrons. The average Bonchev–Trinajstić information content (AvgIpc) is 3.15. The lowest BCUT2D eigenvalue weighted by atomic mass is 10.1. The lowest BCUT2D eigenvalue weighted by molar-refractivity contribution is -0.0483. The Morgan fingerprint density at radius 3 is 2.88 bits per heavy atom. The molecule has 1 aliphatic heterocycles. The lowest BCUT2D eigenvalue weighted by Crippen LogP contribution is -2.53. The Morgan fingerprint density at radius 1 is 1.33 bits per heavy atom. The minimum absolute atomic E-state index is 0.0133. The first-order valence-electron chi connectivity index (χ1n) is 8.58. The third-order valence-electron chi connectivity index (χ3n) is 4.47. The summed E-state index contributed by atoms with van der Waals surface area (Å²) in [6.07, 6.45) is 2.62. The van der Waals surface area contributed by atoms with Crippen LogP contribution >= 0.6 is 0 Å². The molecule has 0 bridgehead atoms. The SMILES string of the molecule is CC[C@@H](NC(=O)c1ccc[nH]1)[C@@H]1CN(Cc2ccccc2)CCO1. The number of aromatic amines is 1. The van der Waals surface area contributed by atoms with Crippen LogP contribution in [-0.4, -0.2) is 47.6 Å². The van der Waals surface area contributed by atoms with Crippen molar-refractivity contribution in [1.82, 2.24) is 15.2 Å². The molecule has 0 saturated carbocycles. The summed E-state index contributed by atoms with van der Waals surface area (Å²) >= 11 is 0. The number of nitrogens with zero attached hydrogens (tertiary/aromatic N) is 1. The molecule has 128 valence electrons. The Morgan fingerprint density at radius 2 is 2.17 bits per heavy atom. The van der Waals surface area contributed by atoms with E-state index in [1.165, 1.54) is 5.56 Å². The van der Waals surface area contributed by atoms with Crippen LogP contribution in [0.4, 0.5) is 0 Å². The molecular formula is C19H25N3O2. The molecule has 1 aromatic carbocycles. The van der Waals surface area contributed by atoms with E-state index in [-0.39, 0.29) is 18.1 Å². The van der Waals surface area contributed by atoms with E-state index in [1.54, 1.807) is 12.3 Å². The number of rotatable bonds is 6. The first kappa shape index (κ1) is 16.7. The van der Waals surface area contributed by atoms with Gasteiger partial charge in [-0.05, 0) is 24.1 Å². The van der Waals surface area contributed by atoms with Crippen molar-refractivity contribution in [3.63, 3.8) is 0 Å². The van der Waals surface area contributed by atoms with Gasteiger partial charge in [0, 0.05) is 25.8 Å². The van der Waals surface area contributed by atoms with E-state index in [2.05, 4.69) is 46.4 Å². The fourth-order valence-electron chi connectivity index (χ4n) is 3.14. The van der Waals surface area contributed by atoms with E-state index in [9.17, 15) is 4.79 Å². The standard InChI is InChI=1S/C19H25N3O2/c1-2-16(21-19(23)17-9-6-10-20-17)18-14-22(11-12-24-18)13-15-7-4-3-5-8-15/h3-10,16,18,20H,2,11-14H2,1H3,(H,21,23)/t16-,18+/m1/s1. The van der Waals surface area contributed by atoms with Crippen molar-refractivity contribution in [3.05, 3.63) is 59.9 Å². The molecule has 1 aromatic heterocycles. The van der Waals surface area contributed by atoms with Crippen LogP contribution in [0.5, 0.6) is 0 Å². The van der Waals surface area contributed by atoms with Crippen LogP contribution in [-0.2, 0) is 11.3 Å². The van der Waals surface area contributed by atoms with Gasteiger partial charge in [0.2, 0.25) is 0 Å². The molecule has 0 spiro atoms. The maximum absolute atomic E-state index is 12.3. The third-order valence-corrected chi connectivity index (χ3v) is 4.47. The van der Waals surface area contributed by atoms with Gasteiger partial charge in [-0.1, -0.05) is 37.3 Å². The van der Waals surface area contributed by atoms with E-state index in [0.29, 0.717) is 12.3 Å². The van der Waals surface area contributed by atoms with Gasteiger partial charge in [0.05, 0.1) is 18.8 Å². The molecule has 5 nitrogen and oxygen atoms in total. The van der Waals surface area contributed by atoms with Crippen molar-refractivity contribution in [2.45, 2.75) is 32.0 Å². The van der Waals surface area contributed by atoms with Crippen molar-refractivity contribution in [2.75, 3.05) is 19.7 Å². The number of carbonyl (C=O) groups is 1. The van der Waals surface area contributed by atoms with Crippen LogP contribution in [0.3, 0.4) is 0 Å². The second-order valence-electron chi connectivity index (χ2n) is 6.20. The number of amides is 1. The number of hydrogen-bond donors (Lipinski definition) is 2. The van der Waals surface area contributed by atoms with Crippen LogP contribution in [0, 0.1) is 0 Å². The number of morpholine rings is 1. The van der Waals surface area contributed by atoms with Crippen molar-refractivity contribution in [1.29, 1.82) is 0 Å². The van der Waals surface area contributed by atoms with Gasteiger partial charge in [0.1, 0.15) is 5.69 Å². The van der Waals surface area contributed by atoms with E-state index in [1.807, 2.05) is 12.1 Å². The Bertz CT molecular complexity index is 627. The van der Waals surface area contributed by atoms with Gasteiger partial charge >= 0.3 is 0 Å². The van der Waals surface area contributed by atoms with Gasteiger partial charge in [-0.25, -0.2) is 0 Å². The summed E-state index contributed by atoms with van der Waals surface area (Å²) in [4.78, 5) is 17.6. The normalized spacial score (nSPS) is 19.8. The summed E-state index contributed by atoms with van der Waals surface area (Å²) in [6, 6.07) is 14.1. The van der Waals surface area contributed by atoms with Crippen LogP contribution < -0.4 is 5.32 Å². The predicted octanol–water partition coefficient (Wildman–Crippen LogP) is 2.42. The van der Waals surface area contributed by atoms with Crippen LogP contribution in [0.15, 0.2) is 48.7 Å². The minimum Gasteiger partial charge on any atom is -0.373 e. The van der Waals surface area contributed by atoms with Gasteiger partial charge in [0.15, 0.2) is 0 Å². The number of carbonyl (C=O) groups excluding carboxylic acids is 1. The van der Waals surface area contributed by atoms with E-state index < -0.39 is 0 Å². The summed E-state index contributed by atoms with van der Waals surface area (Å²) in [6.45, 7) is 5.46. The molecule has 0 unspecified atom stereocenters. The fraction of sp³-hybridized carbons (Fsp3) is 0.421. The molecule has 1 fully saturated rings. The first-order chi connectivity index (χ1) is 11.8. The van der Waals surface area contributed by atoms with E-state index in [4.69, 9.17) is 4.74 Å². The quantitative estimate of drug-likeness (QED) is 0.857. The highest BCUT2D eigenvalue weighted by Crippen LogP contribution is 2.15. The molecule has 2 aromatic rings. The number of hydrogen-bond acceptors (Lipinski definition) is 3. The van der Waals surface area contributed by atoms with Gasteiger partial charge in [-0.3, -0.25) is 9.69 Å². The summed E-state index contributed by atoms with van der Waals surface area (Å²) in [7, 11) is 0. The summed E-state index contributed by atoms with van der Waals surface area (Å²) in [5, 5.41) is 3.10. The van der Waals surface area contributed by atoms with Crippen molar-refractivity contribution >= 4 is 5.91 Å². The second-order valence-corrected chi connectivity index (χ2v) is 6.20. The molecule has 2 atom stereocenters. The molecule has 1 saturated heterocycles. The zero-order valence-electron chi connectivity index (χ0n) is 14.1. The molecular weight excluding hydrogens is 302 g/mol.